The van der Waals surface area contributed by atoms with Gasteiger partial charge in [-0.3, -0.25) is 9.89 Å². The first-order chi connectivity index (χ1) is 14.0. The van der Waals surface area contributed by atoms with Crippen molar-refractivity contribution in [2.45, 2.75) is 38.5 Å². The molecule has 1 fully saturated rings. The van der Waals surface area contributed by atoms with Crippen molar-refractivity contribution < 1.29 is 14.7 Å². The fourth-order valence-corrected chi connectivity index (χ4v) is 4.71. The number of aromatic carboxylic acids is 1. The summed E-state index contributed by atoms with van der Waals surface area (Å²) in [5.74, 6) is -1.04. The van der Waals surface area contributed by atoms with Crippen LogP contribution < -0.4 is 4.90 Å². The lowest BCUT2D eigenvalue weighted by Crippen LogP contribution is -2.49. The molecule has 1 unspecified atom stereocenters. The highest BCUT2D eigenvalue weighted by molar-refractivity contribution is 6.34. The molecular formula is C21H25ClN4O3. The number of aromatic amines is 1. The first kappa shape index (κ1) is 19.8. The minimum absolute atomic E-state index is 0.0661. The number of piperazine rings is 1. The third-order valence-electron chi connectivity index (χ3n) is 6.04. The quantitative estimate of drug-likeness (QED) is 0.798. The predicted octanol–water partition coefficient (Wildman–Crippen LogP) is 3.23. The van der Waals surface area contributed by atoms with E-state index in [-0.39, 0.29) is 17.5 Å². The van der Waals surface area contributed by atoms with Gasteiger partial charge in [0.25, 0.3) is 0 Å². The van der Waals surface area contributed by atoms with Crippen LogP contribution in [0, 0.1) is 6.92 Å². The lowest BCUT2D eigenvalue weighted by Gasteiger charge is -2.37. The summed E-state index contributed by atoms with van der Waals surface area (Å²) in [7, 11) is 0. The van der Waals surface area contributed by atoms with Crippen LogP contribution in [0.4, 0.5) is 5.69 Å². The number of amides is 1. The zero-order valence-corrected chi connectivity index (χ0v) is 17.2. The fourth-order valence-electron chi connectivity index (χ4n) is 4.47. The Bertz CT molecular complexity index is 934. The molecule has 1 aliphatic carbocycles. The van der Waals surface area contributed by atoms with Crippen molar-refractivity contribution in [1.29, 1.82) is 0 Å². The molecule has 1 aromatic heterocycles. The second-order valence-corrected chi connectivity index (χ2v) is 8.22. The van der Waals surface area contributed by atoms with Crippen molar-refractivity contribution in [2.75, 3.05) is 31.1 Å². The molecule has 1 atom stereocenters. The molecule has 4 rings (SSSR count). The maximum atomic E-state index is 12.9. The van der Waals surface area contributed by atoms with Crippen molar-refractivity contribution in [1.82, 2.24) is 15.1 Å². The van der Waals surface area contributed by atoms with Crippen molar-refractivity contribution in [3.05, 3.63) is 45.7 Å². The van der Waals surface area contributed by atoms with Gasteiger partial charge in [-0.1, -0.05) is 23.7 Å². The van der Waals surface area contributed by atoms with Gasteiger partial charge < -0.3 is 14.9 Å². The summed E-state index contributed by atoms with van der Waals surface area (Å²) in [6, 6.07) is 6.01. The van der Waals surface area contributed by atoms with Crippen molar-refractivity contribution in [3.63, 3.8) is 0 Å². The number of nitrogens with one attached hydrogen (secondary N) is 1. The molecule has 1 aromatic carbocycles. The molecule has 2 N–H and O–H groups in total. The number of nitrogens with zero attached hydrogens (tertiary/aromatic N) is 3. The predicted molar refractivity (Wildman–Crippen MR) is 111 cm³/mol. The van der Waals surface area contributed by atoms with Crippen LogP contribution in [0.5, 0.6) is 0 Å². The van der Waals surface area contributed by atoms with E-state index < -0.39 is 5.97 Å². The van der Waals surface area contributed by atoms with Crippen LogP contribution in [-0.4, -0.2) is 58.3 Å². The average Bonchev–Trinajstić information content (AvgIpc) is 3.16. The van der Waals surface area contributed by atoms with E-state index in [1.807, 2.05) is 30.0 Å². The molecule has 2 heterocycles. The lowest BCUT2D eigenvalue weighted by molar-refractivity contribution is -0.132. The Morgan fingerprint density at radius 1 is 1.28 bits per heavy atom. The Morgan fingerprint density at radius 2 is 2.03 bits per heavy atom. The van der Waals surface area contributed by atoms with Gasteiger partial charge in [0.05, 0.1) is 10.7 Å². The van der Waals surface area contributed by atoms with E-state index in [9.17, 15) is 14.7 Å². The topological polar surface area (TPSA) is 89.5 Å². The van der Waals surface area contributed by atoms with E-state index in [1.165, 1.54) is 0 Å². The fraction of sp³-hybridized carbons (Fsp3) is 0.476. The third-order valence-corrected chi connectivity index (χ3v) is 6.53. The maximum Gasteiger partial charge on any atom is 0.356 e. The van der Waals surface area contributed by atoms with Gasteiger partial charge in [-0.25, -0.2) is 4.79 Å². The van der Waals surface area contributed by atoms with Crippen molar-refractivity contribution in [2.24, 2.45) is 0 Å². The molecule has 1 saturated heterocycles. The Hall–Kier alpha value is -2.54. The second-order valence-electron chi connectivity index (χ2n) is 7.84. The SMILES string of the molecule is Cc1cccc(N2CCN(C(=O)CC3CCCc4[nH]nc(C(=O)O)c43)CC2)c1Cl. The standard InChI is InChI=1S/C21H25ClN4O3/c1-13-4-2-7-16(19(13)22)25-8-10-26(11-9-25)17(27)12-14-5-3-6-15-18(14)20(21(28)29)24-23-15/h2,4,7,14H,3,5-6,8-12H2,1H3,(H,23,24)(H,28,29). The number of carboxylic acids is 1. The maximum absolute atomic E-state index is 12.9. The Kier molecular flexibility index (Phi) is 5.50. The summed E-state index contributed by atoms with van der Waals surface area (Å²) < 4.78 is 0. The van der Waals surface area contributed by atoms with Crippen molar-refractivity contribution >= 4 is 29.2 Å². The Morgan fingerprint density at radius 3 is 2.76 bits per heavy atom. The van der Waals surface area contributed by atoms with Crippen LogP contribution in [0.3, 0.4) is 0 Å². The summed E-state index contributed by atoms with van der Waals surface area (Å²) in [5, 5.41) is 17.0. The second kappa shape index (κ2) is 8.06. The number of aryl methyl sites for hydroxylation is 2. The number of hydrogen-bond acceptors (Lipinski definition) is 4. The van der Waals surface area contributed by atoms with E-state index in [0.29, 0.717) is 19.5 Å². The Balaban J connectivity index is 1.41. The number of benzene rings is 1. The monoisotopic (exact) mass is 416 g/mol. The summed E-state index contributed by atoms with van der Waals surface area (Å²) in [5.41, 5.74) is 3.72. The van der Waals surface area contributed by atoms with Gasteiger partial charge in [0.2, 0.25) is 5.91 Å². The number of carbonyl (C=O) groups excluding carboxylic acids is 1. The molecule has 7 nitrogen and oxygen atoms in total. The third kappa shape index (κ3) is 3.83. The number of H-pyrrole nitrogens is 1. The minimum atomic E-state index is -1.04. The van der Waals surface area contributed by atoms with Gasteiger partial charge in [-0.15, -0.1) is 0 Å². The van der Waals surface area contributed by atoms with Gasteiger partial charge in [0, 0.05) is 43.9 Å². The van der Waals surface area contributed by atoms with Crippen LogP contribution >= 0.6 is 11.6 Å². The summed E-state index contributed by atoms with van der Waals surface area (Å²) in [6.45, 7) is 4.73. The smallest absolute Gasteiger partial charge is 0.356 e. The zero-order chi connectivity index (χ0) is 20.5. The van der Waals surface area contributed by atoms with E-state index >= 15 is 0 Å². The molecular weight excluding hydrogens is 392 g/mol. The summed E-state index contributed by atoms with van der Waals surface area (Å²) in [6.07, 6.45) is 2.87. The molecule has 2 aliphatic rings. The minimum Gasteiger partial charge on any atom is -0.476 e. The first-order valence-electron chi connectivity index (χ1n) is 10.0. The molecule has 1 amide bonds. The average molecular weight is 417 g/mol. The van der Waals surface area contributed by atoms with Gasteiger partial charge >= 0.3 is 5.97 Å². The van der Waals surface area contributed by atoms with Gasteiger partial charge in [0.15, 0.2) is 5.69 Å². The van der Waals surface area contributed by atoms with Crippen LogP contribution in [-0.2, 0) is 11.2 Å². The van der Waals surface area contributed by atoms with E-state index in [2.05, 4.69) is 15.1 Å². The highest BCUT2D eigenvalue weighted by atomic mass is 35.5. The number of hydrogen-bond donors (Lipinski definition) is 2. The number of fused-ring (bicyclic) bond motifs is 1. The number of carbonyl (C=O) groups is 2. The van der Waals surface area contributed by atoms with Gasteiger partial charge in [-0.05, 0) is 43.7 Å². The molecule has 29 heavy (non-hydrogen) atoms. The van der Waals surface area contributed by atoms with Crippen LogP contribution in [0.1, 0.15) is 52.5 Å². The first-order valence-corrected chi connectivity index (χ1v) is 10.4. The van der Waals surface area contributed by atoms with Gasteiger partial charge in [0.1, 0.15) is 0 Å². The largest absolute Gasteiger partial charge is 0.476 e. The molecule has 0 bridgehead atoms. The summed E-state index contributed by atoms with van der Waals surface area (Å²) in [4.78, 5) is 28.5. The molecule has 0 spiro atoms. The number of anilines is 1. The summed E-state index contributed by atoms with van der Waals surface area (Å²) >= 11 is 6.45. The molecule has 154 valence electrons. The Labute approximate surface area is 174 Å². The van der Waals surface area contributed by atoms with E-state index in [4.69, 9.17) is 11.6 Å². The van der Waals surface area contributed by atoms with Crippen molar-refractivity contribution in [3.8, 4) is 0 Å². The number of aromatic nitrogens is 2. The van der Waals surface area contributed by atoms with Crippen LogP contribution in [0.15, 0.2) is 18.2 Å². The lowest BCUT2D eigenvalue weighted by atomic mass is 9.83. The molecule has 8 heteroatoms. The molecule has 1 aliphatic heterocycles. The molecule has 0 saturated carbocycles. The normalized spacial score (nSPS) is 19.2. The van der Waals surface area contributed by atoms with E-state index in [1.54, 1.807) is 0 Å². The van der Waals surface area contributed by atoms with Crippen LogP contribution in [0.2, 0.25) is 5.02 Å². The highest BCUT2D eigenvalue weighted by Gasteiger charge is 2.32. The van der Waals surface area contributed by atoms with Gasteiger partial charge in [-0.2, -0.15) is 5.10 Å². The molecule has 0 radical (unpaired) electrons. The number of carboxylic acid groups (broad SMARTS) is 1. The number of rotatable bonds is 4. The highest BCUT2D eigenvalue weighted by Crippen LogP contribution is 2.36. The van der Waals surface area contributed by atoms with Crippen LogP contribution in [0.25, 0.3) is 0 Å². The zero-order valence-electron chi connectivity index (χ0n) is 16.4. The molecule has 2 aromatic rings. The number of halogens is 1. The van der Waals surface area contributed by atoms with E-state index in [0.717, 1.165) is 59.9 Å².